The van der Waals surface area contributed by atoms with Gasteiger partial charge in [0.1, 0.15) is 16.7 Å². The third-order valence-electron chi connectivity index (χ3n) is 12.7. The van der Waals surface area contributed by atoms with E-state index in [1.165, 1.54) is 66.6 Å². The minimum atomic E-state index is -0.150. The fraction of sp³-hybridized carbons (Fsp3) is 0.0196. The van der Waals surface area contributed by atoms with E-state index in [2.05, 4.69) is 179 Å². The summed E-state index contributed by atoms with van der Waals surface area (Å²) in [6, 6.07) is 59.4. The fourth-order valence-corrected chi connectivity index (χ4v) is 10.5. The van der Waals surface area contributed by atoms with Gasteiger partial charge < -0.3 is 23.2 Å². The molecule has 5 nitrogen and oxygen atoms in total. The van der Waals surface area contributed by atoms with Gasteiger partial charge in [-0.3, -0.25) is 0 Å². The quantitative estimate of drug-likeness (QED) is 0.166. The zero-order valence-corrected chi connectivity index (χ0v) is 30.8. The van der Waals surface area contributed by atoms with Crippen molar-refractivity contribution < 1.29 is 8.83 Å². The number of benzene rings is 8. The highest BCUT2D eigenvalue weighted by Crippen LogP contribution is 2.54. The maximum atomic E-state index is 7.27. The third-order valence-corrected chi connectivity index (χ3v) is 12.7. The van der Waals surface area contributed by atoms with E-state index in [1.54, 1.807) is 0 Å². The Hall–Kier alpha value is -7.44. The van der Waals surface area contributed by atoms with Crippen LogP contribution in [-0.2, 0) is 0 Å². The first kappa shape index (κ1) is 29.9. The number of hydrogen-bond acceptors (Lipinski definition) is 4. The zero-order valence-electron chi connectivity index (χ0n) is 30.8. The molecular weight excluding hydrogens is 697 g/mol. The Kier molecular flexibility index (Phi) is 5.47. The van der Waals surface area contributed by atoms with Crippen molar-refractivity contribution in [2.45, 2.75) is 6.92 Å². The molecule has 57 heavy (non-hydrogen) atoms. The van der Waals surface area contributed by atoms with Gasteiger partial charge in [-0.25, -0.2) is 0 Å². The number of para-hydroxylation sites is 4. The Morgan fingerprint density at radius 2 is 1.14 bits per heavy atom. The normalized spacial score (nSPS) is 13.6. The molecule has 0 unspecified atom stereocenters. The van der Waals surface area contributed by atoms with Crippen LogP contribution >= 0.6 is 0 Å². The molecule has 0 bridgehead atoms. The second-order valence-corrected chi connectivity index (χ2v) is 15.7. The molecule has 3 aliphatic heterocycles. The van der Waals surface area contributed by atoms with Crippen LogP contribution in [0.15, 0.2) is 173 Å². The summed E-state index contributed by atoms with van der Waals surface area (Å²) in [5.41, 5.74) is 20.1. The van der Waals surface area contributed by atoms with E-state index in [0.29, 0.717) is 0 Å². The van der Waals surface area contributed by atoms with Crippen molar-refractivity contribution in [3.8, 4) is 16.8 Å². The molecule has 3 aliphatic rings. The van der Waals surface area contributed by atoms with Crippen LogP contribution < -0.4 is 26.4 Å². The summed E-state index contributed by atoms with van der Waals surface area (Å²) in [4.78, 5) is 5.03. The number of fused-ring (bicyclic) bond motifs is 14. The number of hydrogen-bond donors (Lipinski definition) is 0. The van der Waals surface area contributed by atoms with Gasteiger partial charge in [-0.05, 0) is 95.2 Å². The van der Waals surface area contributed by atoms with Crippen molar-refractivity contribution in [3.63, 3.8) is 0 Å². The van der Waals surface area contributed by atoms with Gasteiger partial charge in [-0.1, -0.05) is 103 Å². The predicted octanol–water partition coefficient (Wildman–Crippen LogP) is 11.8. The van der Waals surface area contributed by atoms with E-state index < -0.39 is 0 Å². The van der Waals surface area contributed by atoms with Crippen molar-refractivity contribution in [1.82, 2.24) is 4.57 Å². The first-order chi connectivity index (χ1) is 28.2. The summed E-state index contributed by atoms with van der Waals surface area (Å²) in [7, 11) is 0. The van der Waals surface area contributed by atoms with E-state index in [4.69, 9.17) is 8.83 Å². The second kappa shape index (κ2) is 10.4. The standard InChI is InChI=1S/C51H30BN3O2/c1-29-26-41-47-42(27-29)55-39-20-9-16-33-32-14-5-7-18-37(32)53(48(33)39)40-21-10-17-36(50(40)55)52(47)51-49(35-28-31(24-25-44(35)57-51)30-12-3-2-4-13-30)54(41)38-19-11-23-45-46(38)34-15-6-8-22-43(34)56-45/h2-28H,1H3. The van der Waals surface area contributed by atoms with Crippen LogP contribution in [0.25, 0.3) is 71.5 Å². The molecule has 6 heterocycles. The van der Waals surface area contributed by atoms with Crippen molar-refractivity contribution in [3.05, 3.63) is 169 Å². The molecule has 6 heteroatoms. The summed E-state index contributed by atoms with van der Waals surface area (Å²) >= 11 is 0. The van der Waals surface area contributed by atoms with Gasteiger partial charge in [0.2, 0.25) is 0 Å². The van der Waals surface area contributed by atoms with Crippen LogP contribution in [0.1, 0.15) is 5.56 Å². The number of anilines is 6. The van der Waals surface area contributed by atoms with E-state index in [9.17, 15) is 0 Å². The molecule has 0 N–H and O–H groups in total. The number of nitrogens with zero attached hydrogens (tertiary/aromatic N) is 3. The van der Waals surface area contributed by atoms with Crippen LogP contribution in [0.4, 0.5) is 34.1 Å². The van der Waals surface area contributed by atoms with Crippen molar-refractivity contribution >= 4 is 112 Å². The molecule has 0 amide bonds. The van der Waals surface area contributed by atoms with Gasteiger partial charge in [0.25, 0.3) is 6.71 Å². The first-order valence-corrected chi connectivity index (χ1v) is 19.6. The fourth-order valence-electron chi connectivity index (χ4n) is 10.5. The lowest BCUT2D eigenvalue weighted by Crippen LogP contribution is -2.61. The van der Waals surface area contributed by atoms with Crippen LogP contribution in [0, 0.1) is 6.92 Å². The molecule has 0 aliphatic carbocycles. The Labute approximate surface area is 327 Å². The lowest BCUT2D eigenvalue weighted by Gasteiger charge is -2.45. The summed E-state index contributed by atoms with van der Waals surface area (Å²) in [5.74, 6) is 0. The molecule has 3 aromatic heterocycles. The van der Waals surface area contributed by atoms with E-state index in [-0.39, 0.29) is 6.71 Å². The third kappa shape index (κ3) is 3.66. The molecule has 0 saturated carbocycles. The van der Waals surface area contributed by atoms with Gasteiger partial charge in [-0.2, -0.15) is 0 Å². The zero-order chi connectivity index (χ0) is 37.1. The van der Waals surface area contributed by atoms with Crippen LogP contribution in [0.5, 0.6) is 0 Å². The molecular formula is C51H30BN3O2. The summed E-state index contributed by atoms with van der Waals surface area (Å²) in [5, 5.41) is 5.79. The van der Waals surface area contributed by atoms with E-state index >= 15 is 0 Å². The molecule has 264 valence electrons. The summed E-state index contributed by atoms with van der Waals surface area (Å²) in [6.07, 6.45) is 0. The lowest BCUT2D eigenvalue weighted by molar-refractivity contribution is 0.651. The number of rotatable bonds is 2. The van der Waals surface area contributed by atoms with Crippen LogP contribution in [0.2, 0.25) is 0 Å². The Balaban J connectivity index is 1.15. The largest absolute Gasteiger partial charge is 0.468 e. The first-order valence-electron chi connectivity index (χ1n) is 19.6. The maximum absolute atomic E-state index is 7.27. The Morgan fingerprint density at radius 1 is 0.456 bits per heavy atom. The minimum Gasteiger partial charge on any atom is -0.468 e. The van der Waals surface area contributed by atoms with Crippen LogP contribution in [0.3, 0.4) is 0 Å². The number of aryl methyl sites for hydroxylation is 1. The minimum absolute atomic E-state index is 0.150. The van der Waals surface area contributed by atoms with E-state index in [1.807, 2.05) is 6.07 Å². The second-order valence-electron chi connectivity index (χ2n) is 15.7. The molecule has 0 fully saturated rings. The Morgan fingerprint density at radius 3 is 2.04 bits per heavy atom. The number of furan rings is 2. The smallest absolute Gasteiger partial charge is 0.297 e. The van der Waals surface area contributed by atoms with E-state index in [0.717, 1.165) is 61.2 Å². The summed E-state index contributed by atoms with van der Waals surface area (Å²) in [6.45, 7) is 2.08. The lowest BCUT2D eigenvalue weighted by atomic mass is 9.35. The van der Waals surface area contributed by atoms with Gasteiger partial charge in [0, 0.05) is 32.9 Å². The topological polar surface area (TPSA) is 37.7 Å². The molecule has 8 aromatic carbocycles. The average molecular weight is 728 g/mol. The van der Waals surface area contributed by atoms with Crippen molar-refractivity contribution in [2.24, 2.45) is 0 Å². The molecule has 0 saturated heterocycles. The molecule has 11 aromatic rings. The molecule has 14 rings (SSSR count). The van der Waals surface area contributed by atoms with Crippen LogP contribution in [-0.4, -0.2) is 11.3 Å². The van der Waals surface area contributed by atoms with Gasteiger partial charge in [0.05, 0.1) is 50.5 Å². The van der Waals surface area contributed by atoms with Gasteiger partial charge in [-0.15, -0.1) is 0 Å². The maximum Gasteiger partial charge on any atom is 0.297 e. The summed E-state index contributed by atoms with van der Waals surface area (Å²) < 4.78 is 16.3. The monoisotopic (exact) mass is 727 g/mol. The Bertz CT molecular complexity index is 3580. The molecule has 0 atom stereocenters. The predicted molar refractivity (Wildman–Crippen MR) is 236 cm³/mol. The van der Waals surface area contributed by atoms with Crippen molar-refractivity contribution in [1.29, 1.82) is 0 Å². The van der Waals surface area contributed by atoms with Gasteiger partial charge in [0.15, 0.2) is 0 Å². The van der Waals surface area contributed by atoms with Crippen molar-refractivity contribution in [2.75, 3.05) is 9.80 Å². The molecule has 0 spiro atoms. The highest BCUT2D eigenvalue weighted by molar-refractivity contribution is 7.00. The SMILES string of the molecule is Cc1cc2c3c(c1)N1c4c(cccc4-n4c5ccccc5c5cccc1c54)B3c1oc3ccc(-c4ccccc4)cc3c1N2c1cccc2oc3ccccc3c12. The number of aromatic nitrogens is 1. The molecule has 0 radical (unpaired) electrons. The highest BCUT2D eigenvalue weighted by Gasteiger charge is 2.49. The van der Waals surface area contributed by atoms with Gasteiger partial charge >= 0.3 is 0 Å². The average Bonchev–Trinajstić information content (AvgIpc) is 3.94. The highest BCUT2D eigenvalue weighted by atomic mass is 16.3.